The van der Waals surface area contributed by atoms with Crippen LogP contribution in [0.1, 0.15) is 49.6 Å². The van der Waals surface area contributed by atoms with Crippen molar-refractivity contribution in [1.29, 1.82) is 0 Å². The molecule has 5 rings (SSSR count). The van der Waals surface area contributed by atoms with Crippen LogP contribution in [0.4, 0.5) is 5.69 Å². The van der Waals surface area contributed by atoms with Crippen LogP contribution in [0.25, 0.3) is 11.0 Å². The number of benzene rings is 3. The van der Waals surface area contributed by atoms with Gasteiger partial charge in [-0.2, -0.15) is 0 Å². The minimum atomic E-state index is 0.0367. The Morgan fingerprint density at radius 1 is 0.973 bits per heavy atom. The number of nitrogens with one attached hydrogen (secondary N) is 1. The zero-order valence-electron chi connectivity index (χ0n) is 22.0. The van der Waals surface area contributed by atoms with E-state index in [1.54, 1.807) is 7.11 Å². The van der Waals surface area contributed by atoms with Crippen LogP contribution in [0.15, 0.2) is 72.8 Å². The van der Waals surface area contributed by atoms with E-state index in [-0.39, 0.29) is 11.8 Å². The monoisotopic (exact) mass is 496 g/mol. The molecule has 0 saturated carbocycles. The van der Waals surface area contributed by atoms with Gasteiger partial charge in [0.1, 0.15) is 11.6 Å². The Morgan fingerprint density at radius 2 is 1.68 bits per heavy atom. The fourth-order valence-electron chi connectivity index (χ4n) is 5.24. The number of ether oxygens (including phenoxy) is 1. The number of anilines is 1. The van der Waals surface area contributed by atoms with Crippen LogP contribution in [0.5, 0.6) is 5.75 Å². The molecule has 6 nitrogen and oxygen atoms in total. The van der Waals surface area contributed by atoms with Gasteiger partial charge >= 0.3 is 0 Å². The predicted octanol–water partition coefficient (Wildman–Crippen LogP) is 6.07. The molecular formula is C31H36N4O2. The summed E-state index contributed by atoms with van der Waals surface area (Å²) in [6.45, 7) is 7.62. The van der Waals surface area contributed by atoms with Gasteiger partial charge in [-0.05, 0) is 73.3 Å². The lowest BCUT2D eigenvalue weighted by Gasteiger charge is -2.31. The van der Waals surface area contributed by atoms with Gasteiger partial charge in [0.05, 0.1) is 24.7 Å². The van der Waals surface area contributed by atoms with E-state index in [2.05, 4.69) is 65.0 Å². The van der Waals surface area contributed by atoms with Crippen LogP contribution < -0.4 is 10.1 Å². The SMILES string of the molecule is COc1ccc(Cn2c(CN3CCC(C(=O)Nc4ccccc4C(C)C)CC3)nc3ccccc32)cc1. The number of likely N-dealkylation sites (tertiary alicyclic amines) is 1. The summed E-state index contributed by atoms with van der Waals surface area (Å²) in [6, 6.07) is 24.7. The second kappa shape index (κ2) is 11.2. The van der Waals surface area contributed by atoms with E-state index in [9.17, 15) is 4.79 Å². The van der Waals surface area contributed by atoms with Gasteiger partial charge in [0.15, 0.2) is 0 Å². The number of rotatable bonds is 8. The predicted molar refractivity (Wildman–Crippen MR) is 149 cm³/mol. The molecule has 1 aliphatic heterocycles. The van der Waals surface area contributed by atoms with Crippen molar-refractivity contribution in [1.82, 2.24) is 14.5 Å². The highest BCUT2D eigenvalue weighted by Gasteiger charge is 2.26. The average molecular weight is 497 g/mol. The molecule has 1 aromatic heterocycles. The number of hydrogen-bond acceptors (Lipinski definition) is 4. The molecule has 4 aromatic rings. The van der Waals surface area contributed by atoms with Crippen molar-refractivity contribution in [2.75, 3.05) is 25.5 Å². The van der Waals surface area contributed by atoms with Crippen LogP contribution in [-0.2, 0) is 17.9 Å². The number of nitrogens with zero attached hydrogens (tertiary/aromatic N) is 3. The third-order valence-electron chi connectivity index (χ3n) is 7.40. The first-order chi connectivity index (χ1) is 18.0. The third kappa shape index (κ3) is 5.70. The lowest BCUT2D eigenvalue weighted by molar-refractivity contribution is -0.121. The maximum absolute atomic E-state index is 13.1. The molecule has 1 saturated heterocycles. The van der Waals surface area contributed by atoms with Gasteiger partial charge in [0, 0.05) is 18.2 Å². The van der Waals surface area contributed by atoms with Crippen molar-refractivity contribution < 1.29 is 9.53 Å². The first-order valence-corrected chi connectivity index (χ1v) is 13.2. The number of para-hydroxylation sites is 3. The van der Waals surface area contributed by atoms with Crippen molar-refractivity contribution in [2.45, 2.75) is 45.7 Å². The first-order valence-electron chi connectivity index (χ1n) is 13.2. The Kier molecular flexibility index (Phi) is 7.56. The summed E-state index contributed by atoms with van der Waals surface area (Å²) in [4.78, 5) is 20.5. The van der Waals surface area contributed by atoms with E-state index in [0.29, 0.717) is 5.92 Å². The highest BCUT2D eigenvalue weighted by molar-refractivity contribution is 5.93. The average Bonchev–Trinajstić information content (AvgIpc) is 3.26. The van der Waals surface area contributed by atoms with Crippen molar-refractivity contribution in [3.63, 3.8) is 0 Å². The van der Waals surface area contributed by atoms with Gasteiger partial charge in [0.2, 0.25) is 5.91 Å². The van der Waals surface area contributed by atoms with Crippen LogP contribution in [0, 0.1) is 5.92 Å². The summed E-state index contributed by atoms with van der Waals surface area (Å²) in [5.41, 5.74) is 5.50. The van der Waals surface area contributed by atoms with E-state index in [0.717, 1.165) is 67.3 Å². The molecular weight excluding hydrogens is 460 g/mol. The van der Waals surface area contributed by atoms with Crippen molar-refractivity contribution >= 4 is 22.6 Å². The van der Waals surface area contributed by atoms with E-state index in [4.69, 9.17) is 9.72 Å². The van der Waals surface area contributed by atoms with E-state index in [1.807, 2.05) is 36.4 Å². The molecule has 1 aliphatic rings. The molecule has 1 N–H and O–H groups in total. The van der Waals surface area contributed by atoms with Crippen LogP contribution in [0.2, 0.25) is 0 Å². The van der Waals surface area contributed by atoms with Gasteiger partial charge in [-0.15, -0.1) is 0 Å². The summed E-state index contributed by atoms with van der Waals surface area (Å²) in [5, 5.41) is 3.21. The normalized spacial score (nSPS) is 14.8. The topological polar surface area (TPSA) is 59.4 Å². The Hall–Kier alpha value is -3.64. The van der Waals surface area contributed by atoms with Crippen molar-refractivity contribution in [2.24, 2.45) is 5.92 Å². The number of aromatic nitrogens is 2. The standard InChI is InChI=1S/C31H36N4O2/c1-22(2)26-8-4-5-9-27(26)33-31(36)24-16-18-34(19-17-24)21-30-32-28-10-6-7-11-29(28)35(30)20-23-12-14-25(37-3)15-13-23/h4-15,22,24H,16-21H2,1-3H3,(H,33,36). The first kappa shape index (κ1) is 25.0. The fraction of sp³-hybridized carbons (Fsp3) is 0.355. The largest absolute Gasteiger partial charge is 0.497 e. The number of methoxy groups -OCH3 is 1. The lowest BCUT2D eigenvalue weighted by Crippen LogP contribution is -2.38. The van der Waals surface area contributed by atoms with E-state index in [1.165, 1.54) is 11.1 Å². The smallest absolute Gasteiger partial charge is 0.227 e. The van der Waals surface area contributed by atoms with Gasteiger partial charge in [-0.1, -0.05) is 56.3 Å². The van der Waals surface area contributed by atoms with Crippen molar-refractivity contribution in [3.8, 4) is 5.75 Å². The fourth-order valence-corrected chi connectivity index (χ4v) is 5.24. The molecule has 0 radical (unpaired) electrons. The number of fused-ring (bicyclic) bond motifs is 1. The maximum Gasteiger partial charge on any atom is 0.227 e. The Labute approximate surface area is 219 Å². The van der Waals surface area contributed by atoms with Gasteiger partial charge in [-0.25, -0.2) is 4.98 Å². The zero-order chi connectivity index (χ0) is 25.8. The molecule has 1 fully saturated rings. The molecule has 0 unspecified atom stereocenters. The summed E-state index contributed by atoms with van der Waals surface area (Å²) in [6.07, 6.45) is 1.71. The highest BCUT2D eigenvalue weighted by Crippen LogP contribution is 2.27. The second-order valence-corrected chi connectivity index (χ2v) is 10.2. The molecule has 0 aliphatic carbocycles. The van der Waals surface area contributed by atoms with E-state index < -0.39 is 0 Å². The lowest BCUT2D eigenvalue weighted by atomic mass is 9.95. The van der Waals surface area contributed by atoms with Crippen LogP contribution >= 0.6 is 0 Å². The number of carbonyl (C=O) groups is 1. The Balaban J connectivity index is 1.25. The molecule has 3 aromatic carbocycles. The number of imidazole rings is 1. The Morgan fingerprint density at radius 3 is 2.41 bits per heavy atom. The second-order valence-electron chi connectivity index (χ2n) is 10.2. The summed E-state index contributed by atoms with van der Waals surface area (Å²) in [7, 11) is 1.69. The van der Waals surface area contributed by atoms with Crippen molar-refractivity contribution in [3.05, 3.63) is 89.7 Å². The van der Waals surface area contributed by atoms with Gasteiger partial charge in [0.25, 0.3) is 0 Å². The summed E-state index contributed by atoms with van der Waals surface area (Å²) >= 11 is 0. The highest BCUT2D eigenvalue weighted by atomic mass is 16.5. The quantitative estimate of drug-likeness (QED) is 0.322. The molecule has 0 spiro atoms. The minimum Gasteiger partial charge on any atom is -0.497 e. The summed E-state index contributed by atoms with van der Waals surface area (Å²) in [5.74, 6) is 2.47. The van der Waals surface area contributed by atoms with Gasteiger partial charge < -0.3 is 14.6 Å². The zero-order valence-corrected chi connectivity index (χ0v) is 22.0. The van der Waals surface area contributed by atoms with E-state index >= 15 is 0 Å². The maximum atomic E-state index is 13.1. The molecule has 0 atom stereocenters. The van der Waals surface area contributed by atoms with Gasteiger partial charge in [-0.3, -0.25) is 9.69 Å². The van der Waals surface area contributed by atoms with Crippen LogP contribution in [-0.4, -0.2) is 40.6 Å². The van der Waals surface area contributed by atoms with Crippen LogP contribution in [0.3, 0.4) is 0 Å². The molecule has 37 heavy (non-hydrogen) atoms. The molecule has 0 bridgehead atoms. The number of piperidine rings is 1. The molecule has 1 amide bonds. The molecule has 2 heterocycles. The number of amides is 1. The number of carbonyl (C=O) groups excluding carboxylic acids is 1. The minimum absolute atomic E-state index is 0.0367. The molecule has 6 heteroatoms. The third-order valence-corrected chi connectivity index (χ3v) is 7.40. The molecule has 192 valence electrons. The Bertz CT molecular complexity index is 1350. The number of hydrogen-bond donors (Lipinski definition) is 1. The summed E-state index contributed by atoms with van der Waals surface area (Å²) < 4.78 is 7.64.